The van der Waals surface area contributed by atoms with E-state index in [2.05, 4.69) is 40.8 Å². The molecular weight excluding hydrogens is 456 g/mol. The zero-order chi connectivity index (χ0) is 24.8. The maximum atomic E-state index is 13.1. The van der Waals surface area contributed by atoms with Crippen LogP contribution in [0.15, 0.2) is 59.8 Å². The summed E-state index contributed by atoms with van der Waals surface area (Å²) in [4.78, 5) is 8.42. The summed E-state index contributed by atoms with van der Waals surface area (Å²) in [7, 11) is -2.42. The van der Waals surface area contributed by atoms with E-state index in [0.29, 0.717) is 24.5 Å². The summed E-state index contributed by atoms with van der Waals surface area (Å²) in [5.41, 5.74) is 0.917. The van der Waals surface area contributed by atoms with Crippen LogP contribution >= 0.6 is 0 Å². The Morgan fingerprint density at radius 2 is 1.68 bits per heavy atom. The molecular formula is C24H30N4O5S. The number of anilines is 2. The Bertz CT molecular complexity index is 1210. The molecule has 1 aromatic heterocycles. The molecule has 0 aliphatic heterocycles. The topological polar surface area (TPSA) is 123 Å². The number of sulfonamides is 1. The molecule has 0 aliphatic rings. The summed E-state index contributed by atoms with van der Waals surface area (Å²) in [5, 5.41) is 12.2. The second kappa shape index (κ2) is 10.7. The van der Waals surface area contributed by atoms with Crippen LogP contribution in [0, 0.1) is 0 Å². The number of rotatable bonds is 10. The standard InChI is InChI=1S/C24H30N4O5S/c1-24(2,3)17-9-11-20(12-10-17)34(30,31)28-23-21(22(26-16-27-23)25-13-6-14-29)33-19-8-5-7-18(15-19)32-4/h5,7-12,15-16,29H,6,13-14H2,1-4H3,(H2,25,26,27,28). The van der Waals surface area contributed by atoms with E-state index in [1.54, 1.807) is 48.5 Å². The monoisotopic (exact) mass is 486 g/mol. The molecule has 9 nitrogen and oxygen atoms in total. The lowest BCUT2D eigenvalue weighted by atomic mass is 9.87. The normalized spacial score (nSPS) is 11.7. The van der Waals surface area contributed by atoms with Gasteiger partial charge in [-0.3, -0.25) is 4.72 Å². The van der Waals surface area contributed by atoms with Gasteiger partial charge in [0.25, 0.3) is 10.0 Å². The minimum atomic E-state index is -3.96. The maximum Gasteiger partial charge on any atom is 0.263 e. The molecule has 182 valence electrons. The fraction of sp³-hybridized carbons (Fsp3) is 0.333. The molecule has 10 heteroatoms. The highest BCUT2D eigenvalue weighted by molar-refractivity contribution is 7.92. The van der Waals surface area contributed by atoms with Crippen molar-refractivity contribution in [3.8, 4) is 17.2 Å². The average molecular weight is 487 g/mol. The fourth-order valence-electron chi connectivity index (χ4n) is 3.06. The van der Waals surface area contributed by atoms with Gasteiger partial charge < -0.3 is 19.9 Å². The van der Waals surface area contributed by atoms with E-state index >= 15 is 0 Å². The molecule has 3 aromatic rings. The quantitative estimate of drug-likeness (QED) is 0.365. The van der Waals surface area contributed by atoms with Gasteiger partial charge in [0.15, 0.2) is 11.6 Å². The molecule has 0 radical (unpaired) electrons. The van der Waals surface area contributed by atoms with E-state index < -0.39 is 10.0 Å². The van der Waals surface area contributed by atoms with Crippen LogP contribution in [-0.4, -0.2) is 43.8 Å². The molecule has 1 heterocycles. The van der Waals surface area contributed by atoms with Crippen molar-refractivity contribution < 1.29 is 23.0 Å². The molecule has 3 N–H and O–H groups in total. The number of methoxy groups -OCH3 is 1. The Morgan fingerprint density at radius 3 is 2.32 bits per heavy atom. The molecule has 0 saturated heterocycles. The van der Waals surface area contributed by atoms with Crippen molar-refractivity contribution in [1.29, 1.82) is 0 Å². The fourth-order valence-corrected chi connectivity index (χ4v) is 4.07. The van der Waals surface area contributed by atoms with Gasteiger partial charge in [-0.05, 0) is 41.7 Å². The molecule has 0 atom stereocenters. The van der Waals surface area contributed by atoms with E-state index in [1.165, 1.54) is 13.4 Å². The summed E-state index contributed by atoms with van der Waals surface area (Å²) in [6.07, 6.45) is 1.71. The van der Waals surface area contributed by atoms with E-state index in [4.69, 9.17) is 14.6 Å². The first kappa shape index (κ1) is 25.3. The maximum absolute atomic E-state index is 13.1. The SMILES string of the molecule is COc1cccc(Oc2c(NCCCO)ncnc2NS(=O)(=O)c2ccc(C(C)(C)C)cc2)c1. The predicted octanol–water partition coefficient (Wildman–Crippen LogP) is 4.17. The van der Waals surface area contributed by atoms with Crippen molar-refractivity contribution in [2.24, 2.45) is 0 Å². The van der Waals surface area contributed by atoms with Crippen LogP contribution < -0.4 is 19.5 Å². The van der Waals surface area contributed by atoms with Crippen LogP contribution in [0.25, 0.3) is 0 Å². The first-order valence-electron chi connectivity index (χ1n) is 10.8. The van der Waals surface area contributed by atoms with Crippen LogP contribution in [0.4, 0.5) is 11.6 Å². The number of benzene rings is 2. The molecule has 0 saturated carbocycles. The molecule has 3 rings (SSSR count). The average Bonchev–Trinajstić information content (AvgIpc) is 2.80. The molecule has 0 fully saturated rings. The minimum Gasteiger partial charge on any atom is -0.497 e. The third-order valence-corrected chi connectivity index (χ3v) is 6.31. The second-order valence-electron chi connectivity index (χ2n) is 8.56. The Labute approximate surface area is 200 Å². The van der Waals surface area contributed by atoms with Gasteiger partial charge in [-0.2, -0.15) is 0 Å². The minimum absolute atomic E-state index is 0.00575. The lowest BCUT2D eigenvalue weighted by Crippen LogP contribution is -2.17. The van der Waals surface area contributed by atoms with Crippen LogP contribution in [-0.2, 0) is 15.4 Å². The van der Waals surface area contributed by atoms with Crippen LogP contribution in [0.3, 0.4) is 0 Å². The number of ether oxygens (including phenoxy) is 2. The third-order valence-electron chi connectivity index (χ3n) is 4.95. The van der Waals surface area contributed by atoms with Gasteiger partial charge in [-0.25, -0.2) is 18.4 Å². The first-order chi connectivity index (χ1) is 16.1. The van der Waals surface area contributed by atoms with Crippen molar-refractivity contribution >= 4 is 21.7 Å². The lowest BCUT2D eigenvalue weighted by molar-refractivity contribution is 0.292. The van der Waals surface area contributed by atoms with Gasteiger partial charge in [-0.1, -0.05) is 39.0 Å². The molecule has 0 unspecified atom stereocenters. The van der Waals surface area contributed by atoms with Gasteiger partial charge in [-0.15, -0.1) is 0 Å². The predicted molar refractivity (Wildman–Crippen MR) is 131 cm³/mol. The van der Waals surface area contributed by atoms with Gasteiger partial charge in [0.1, 0.15) is 17.8 Å². The van der Waals surface area contributed by atoms with E-state index in [9.17, 15) is 8.42 Å². The number of aromatic nitrogens is 2. The second-order valence-corrected chi connectivity index (χ2v) is 10.2. The van der Waals surface area contributed by atoms with Gasteiger partial charge in [0, 0.05) is 19.2 Å². The first-order valence-corrected chi connectivity index (χ1v) is 12.3. The molecule has 2 aromatic carbocycles. The van der Waals surface area contributed by atoms with Gasteiger partial charge in [0.05, 0.1) is 12.0 Å². The number of aliphatic hydroxyl groups is 1. The summed E-state index contributed by atoms with van der Waals surface area (Å²) in [5.74, 6) is 1.35. The Morgan fingerprint density at radius 1 is 1.00 bits per heavy atom. The van der Waals surface area contributed by atoms with E-state index in [1.807, 2.05) is 0 Å². The molecule has 0 bridgehead atoms. The lowest BCUT2D eigenvalue weighted by Gasteiger charge is -2.19. The summed E-state index contributed by atoms with van der Waals surface area (Å²) in [6, 6.07) is 13.6. The van der Waals surface area contributed by atoms with E-state index in [0.717, 1.165) is 5.56 Å². The summed E-state index contributed by atoms with van der Waals surface area (Å²) < 4.78 is 40.0. The smallest absolute Gasteiger partial charge is 0.263 e. The van der Waals surface area contributed by atoms with Crippen LogP contribution in [0.1, 0.15) is 32.8 Å². The molecule has 34 heavy (non-hydrogen) atoms. The van der Waals surface area contributed by atoms with Gasteiger partial charge >= 0.3 is 0 Å². The largest absolute Gasteiger partial charge is 0.497 e. The summed E-state index contributed by atoms with van der Waals surface area (Å²) >= 11 is 0. The molecule has 0 spiro atoms. The van der Waals surface area contributed by atoms with E-state index in [-0.39, 0.29) is 34.3 Å². The zero-order valence-electron chi connectivity index (χ0n) is 19.7. The summed E-state index contributed by atoms with van der Waals surface area (Å²) in [6.45, 7) is 6.58. The number of hydrogen-bond donors (Lipinski definition) is 3. The molecule has 0 amide bonds. The van der Waals surface area contributed by atoms with Crippen molar-refractivity contribution in [3.05, 3.63) is 60.4 Å². The number of hydrogen-bond acceptors (Lipinski definition) is 8. The van der Waals surface area contributed by atoms with Crippen molar-refractivity contribution in [3.63, 3.8) is 0 Å². The van der Waals surface area contributed by atoms with Crippen molar-refractivity contribution in [2.45, 2.75) is 37.5 Å². The van der Waals surface area contributed by atoms with Crippen molar-refractivity contribution in [2.75, 3.05) is 30.3 Å². The Kier molecular flexibility index (Phi) is 7.95. The Balaban J connectivity index is 1.96. The highest BCUT2D eigenvalue weighted by atomic mass is 32.2. The van der Waals surface area contributed by atoms with Crippen LogP contribution in [0.5, 0.6) is 17.2 Å². The molecule has 0 aliphatic carbocycles. The zero-order valence-corrected chi connectivity index (χ0v) is 20.5. The van der Waals surface area contributed by atoms with Crippen LogP contribution in [0.2, 0.25) is 0 Å². The highest BCUT2D eigenvalue weighted by Crippen LogP contribution is 2.36. The number of nitrogens with zero attached hydrogens (tertiary/aromatic N) is 2. The number of aliphatic hydroxyl groups excluding tert-OH is 1. The number of nitrogens with one attached hydrogen (secondary N) is 2. The Hall–Kier alpha value is -3.37. The van der Waals surface area contributed by atoms with Crippen molar-refractivity contribution in [1.82, 2.24) is 9.97 Å². The highest BCUT2D eigenvalue weighted by Gasteiger charge is 2.22. The third kappa shape index (κ3) is 6.36. The van der Waals surface area contributed by atoms with Gasteiger partial charge in [0.2, 0.25) is 5.75 Å².